The minimum Gasteiger partial charge on any atom is -0.497 e. The Labute approximate surface area is 130 Å². The molecule has 0 fully saturated rings. The normalized spacial score (nSPS) is 10.3. The highest BCUT2D eigenvalue weighted by atomic mass is 32.1. The molecule has 0 aliphatic carbocycles. The summed E-state index contributed by atoms with van der Waals surface area (Å²) in [5, 5.41) is 7.34. The van der Waals surface area contributed by atoms with E-state index in [0.29, 0.717) is 16.4 Å². The van der Waals surface area contributed by atoms with Crippen molar-refractivity contribution in [2.24, 2.45) is 0 Å². The lowest BCUT2D eigenvalue weighted by Crippen LogP contribution is -2.11. The lowest BCUT2D eigenvalue weighted by molar-refractivity contribution is 0.102. The van der Waals surface area contributed by atoms with E-state index in [0.717, 1.165) is 10.6 Å². The van der Waals surface area contributed by atoms with Crippen molar-refractivity contribution in [2.45, 2.75) is 0 Å². The van der Waals surface area contributed by atoms with Gasteiger partial charge in [-0.3, -0.25) is 10.1 Å². The fraction of sp³-hybridized carbons (Fsp3) is 0.0667. The van der Waals surface area contributed by atoms with Crippen molar-refractivity contribution in [3.8, 4) is 16.3 Å². The van der Waals surface area contributed by atoms with Gasteiger partial charge in [0.2, 0.25) is 0 Å². The van der Waals surface area contributed by atoms with Crippen LogP contribution in [-0.2, 0) is 0 Å². The van der Waals surface area contributed by atoms with Gasteiger partial charge in [0.05, 0.1) is 17.7 Å². The predicted molar refractivity (Wildman–Crippen MR) is 86.4 cm³/mol. The lowest BCUT2D eigenvalue weighted by atomic mass is 10.2. The molecule has 0 spiro atoms. The number of anilines is 1. The summed E-state index contributed by atoms with van der Waals surface area (Å²) in [6, 6.07) is 11.0. The first-order valence-corrected chi connectivity index (χ1v) is 7.97. The highest BCUT2D eigenvalue weighted by Crippen LogP contribution is 2.28. The average molecular weight is 316 g/mol. The predicted octanol–water partition coefficient (Wildman–Crippen LogP) is 4.13. The molecular weight excluding hydrogens is 304 g/mol. The van der Waals surface area contributed by atoms with Crippen molar-refractivity contribution < 1.29 is 9.53 Å². The molecule has 106 valence electrons. The zero-order valence-corrected chi connectivity index (χ0v) is 12.8. The molecule has 0 aliphatic heterocycles. The van der Waals surface area contributed by atoms with Crippen LogP contribution in [0, 0.1) is 0 Å². The Morgan fingerprint density at radius 2 is 2.14 bits per heavy atom. The molecule has 4 nitrogen and oxygen atoms in total. The second kappa shape index (κ2) is 6.07. The second-order valence-corrected chi connectivity index (χ2v) is 6.01. The second-order valence-electron chi connectivity index (χ2n) is 4.20. The third kappa shape index (κ3) is 3.12. The van der Waals surface area contributed by atoms with Gasteiger partial charge in [-0.25, -0.2) is 4.98 Å². The molecular formula is C15H12N2O2S2. The maximum atomic E-state index is 12.2. The zero-order chi connectivity index (χ0) is 14.7. The highest BCUT2D eigenvalue weighted by molar-refractivity contribution is 7.16. The number of ether oxygens (including phenoxy) is 1. The van der Waals surface area contributed by atoms with E-state index in [4.69, 9.17) is 4.74 Å². The van der Waals surface area contributed by atoms with Crippen molar-refractivity contribution in [1.82, 2.24) is 4.98 Å². The van der Waals surface area contributed by atoms with Crippen LogP contribution in [0.1, 0.15) is 10.4 Å². The third-order valence-electron chi connectivity index (χ3n) is 2.83. The van der Waals surface area contributed by atoms with Gasteiger partial charge in [0.1, 0.15) is 5.75 Å². The molecule has 3 rings (SSSR count). The van der Waals surface area contributed by atoms with E-state index in [1.54, 1.807) is 42.7 Å². The summed E-state index contributed by atoms with van der Waals surface area (Å²) < 4.78 is 5.12. The van der Waals surface area contributed by atoms with Crippen molar-refractivity contribution >= 4 is 33.7 Å². The first-order chi connectivity index (χ1) is 10.3. The molecule has 2 heterocycles. The number of nitrogens with zero attached hydrogens (tertiary/aromatic N) is 1. The Balaban J connectivity index is 1.75. The Morgan fingerprint density at radius 3 is 2.90 bits per heavy atom. The van der Waals surface area contributed by atoms with E-state index in [1.807, 2.05) is 22.9 Å². The van der Waals surface area contributed by atoms with Crippen LogP contribution < -0.4 is 10.1 Å². The third-order valence-corrected chi connectivity index (χ3v) is 4.48. The lowest BCUT2D eigenvalue weighted by Gasteiger charge is -2.04. The smallest absolute Gasteiger partial charge is 0.257 e. The van der Waals surface area contributed by atoms with Crippen LogP contribution in [-0.4, -0.2) is 18.0 Å². The number of carbonyl (C=O) groups excluding carboxylic acids is 1. The molecule has 1 N–H and O–H groups in total. The quantitative estimate of drug-likeness (QED) is 0.787. The van der Waals surface area contributed by atoms with Gasteiger partial charge in [-0.05, 0) is 29.6 Å². The Kier molecular flexibility index (Phi) is 3.98. The summed E-state index contributed by atoms with van der Waals surface area (Å²) in [6.07, 6.45) is 0. The molecule has 6 heteroatoms. The number of hydrogen-bond donors (Lipinski definition) is 1. The summed E-state index contributed by atoms with van der Waals surface area (Å²) in [5.74, 6) is 0.460. The van der Waals surface area contributed by atoms with E-state index in [2.05, 4.69) is 10.3 Å². The van der Waals surface area contributed by atoms with E-state index < -0.39 is 0 Å². The van der Waals surface area contributed by atoms with Crippen LogP contribution in [0.15, 0.2) is 47.2 Å². The number of rotatable bonds is 4. The van der Waals surface area contributed by atoms with Gasteiger partial charge in [-0.15, -0.1) is 22.7 Å². The Morgan fingerprint density at radius 1 is 1.24 bits per heavy atom. The molecule has 0 radical (unpaired) electrons. The molecule has 1 amide bonds. The van der Waals surface area contributed by atoms with Crippen LogP contribution >= 0.6 is 22.7 Å². The van der Waals surface area contributed by atoms with Gasteiger partial charge >= 0.3 is 0 Å². The van der Waals surface area contributed by atoms with E-state index in [9.17, 15) is 4.79 Å². The number of nitrogens with one attached hydrogen (secondary N) is 1. The van der Waals surface area contributed by atoms with Crippen molar-refractivity contribution in [2.75, 3.05) is 12.4 Å². The number of methoxy groups -OCH3 is 1. The van der Waals surface area contributed by atoms with Gasteiger partial charge in [0.25, 0.3) is 5.91 Å². The van der Waals surface area contributed by atoms with E-state index in [1.165, 1.54) is 11.3 Å². The van der Waals surface area contributed by atoms with Gasteiger partial charge in [0, 0.05) is 10.9 Å². The molecule has 1 aromatic carbocycles. The van der Waals surface area contributed by atoms with Gasteiger partial charge in [-0.1, -0.05) is 12.1 Å². The van der Waals surface area contributed by atoms with Crippen molar-refractivity contribution in [3.05, 3.63) is 52.7 Å². The molecule has 0 saturated heterocycles. The summed E-state index contributed by atoms with van der Waals surface area (Å²) >= 11 is 3.04. The van der Waals surface area contributed by atoms with Crippen molar-refractivity contribution in [1.29, 1.82) is 0 Å². The monoisotopic (exact) mass is 316 g/mol. The molecule has 3 aromatic rings. The first-order valence-electron chi connectivity index (χ1n) is 6.21. The SMILES string of the molecule is COc1cccc(C(=O)Nc2nc(-c3cccs3)cs2)c1. The van der Waals surface area contributed by atoms with Crippen LogP contribution in [0.4, 0.5) is 5.13 Å². The maximum Gasteiger partial charge on any atom is 0.257 e. The molecule has 0 atom stereocenters. The summed E-state index contributed by atoms with van der Waals surface area (Å²) in [6.45, 7) is 0. The number of aromatic nitrogens is 1. The molecule has 2 aromatic heterocycles. The number of hydrogen-bond acceptors (Lipinski definition) is 5. The minimum atomic E-state index is -0.194. The van der Waals surface area contributed by atoms with Gasteiger partial charge in [0.15, 0.2) is 5.13 Å². The zero-order valence-electron chi connectivity index (χ0n) is 11.2. The molecule has 0 aliphatic rings. The molecule has 21 heavy (non-hydrogen) atoms. The van der Waals surface area contributed by atoms with E-state index in [-0.39, 0.29) is 5.91 Å². The topological polar surface area (TPSA) is 51.2 Å². The standard InChI is InChI=1S/C15H12N2O2S2/c1-19-11-5-2-4-10(8-11)14(18)17-15-16-12(9-21-15)13-6-3-7-20-13/h2-9H,1H3,(H,16,17,18). The number of thiazole rings is 1. The number of amides is 1. The fourth-order valence-electron chi connectivity index (χ4n) is 1.80. The largest absolute Gasteiger partial charge is 0.497 e. The first kappa shape index (κ1) is 13.8. The number of thiophene rings is 1. The van der Waals surface area contributed by atoms with E-state index >= 15 is 0 Å². The summed E-state index contributed by atoms with van der Waals surface area (Å²) in [5.41, 5.74) is 1.43. The molecule has 0 unspecified atom stereocenters. The Bertz CT molecular complexity index is 751. The summed E-state index contributed by atoms with van der Waals surface area (Å²) in [7, 11) is 1.57. The average Bonchev–Trinajstić information content (AvgIpc) is 3.18. The van der Waals surface area contributed by atoms with Gasteiger partial charge < -0.3 is 4.74 Å². The number of carbonyl (C=O) groups is 1. The van der Waals surface area contributed by atoms with Crippen LogP contribution in [0.3, 0.4) is 0 Å². The van der Waals surface area contributed by atoms with Gasteiger partial charge in [-0.2, -0.15) is 0 Å². The molecule has 0 saturated carbocycles. The summed E-state index contributed by atoms with van der Waals surface area (Å²) in [4.78, 5) is 17.7. The number of benzene rings is 1. The molecule has 0 bridgehead atoms. The maximum absolute atomic E-state index is 12.2. The van der Waals surface area contributed by atoms with Crippen molar-refractivity contribution in [3.63, 3.8) is 0 Å². The van der Waals surface area contributed by atoms with Crippen LogP contribution in [0.25, 0.3) is 10.6 Å². The fourth-order valence-corrected chi connectivity index (χ4v) is 3.27. The van der Waals surface area contributed by atoms with Crippen LogP contribution in [0.2, 0.25) is 0 Å². The Hall–Kier alpha value is -2.18. The van der Waals surface area contributed by atoms with Crippen LogP contribution in [0.5, 0.6) is 5.75 Å². The highest BCUT2D eigenvalue weighted by Gasteiger charge is 2.11. The minimum absolute atomic E-state index is 0.194.